The van der Waals surface area contributed by atoms with E-state index in [2.05, 4.69) is 32.7 Å². The SMILES string of the molecule is CC(=O)N[C@@H](C)c1ccc(N2CCCC2c2csc(NC(=O)c3cccn3Cc3ccnc(F)c3)n2)cc1. The van der Waals surface area contributed by atoms with Crippen LogP contribution in [0.25, 0.3) is 0 Å². The Kier molecular flexibility index (Phi) is 7.50. The van der Waals surface area contributed by atoms with Crippen LogP contribution in [0, 0.1) is 5.95 Å². The first-order valence-electron chi connectivity index (χ1n) is 12.5. The molecule has 1 saturated heterocycles. The summed E-state index contributed by atoms with van der Waals surface area (Å²) in [6.45, 7) is 4.77. The van der Waals surface area contributed by atoms with Gasteiger partial charge in [0.15, 0.2) is 5.13 Å². The molecule has 1 aliphatic heterocycles. The number of rotatable bonds is 8. The van der Waals surface area contributed by atoms with Crippen LogP contribution < -0.4 is 15.5 Å². The average molecular weight is 533 g/mol. The van der Waals surface area contributed by atoms with Crippen LogP contribution in [-0.2, 0) is 11.3 Å². The monoisotopic (exact) mass is 532 g/mol. The standard InChI is InChI=1S/C28H29FN6O2S/c1-18(31-19(2)36)21-7-9-22(10-8-21)35-14-4-5-24(35)23-17-38-28(32-23)33-27(37)25-6-3-13-34(25)16-20-11-12-30-26(29)15-20/h3,6-13,15,17-18,24H,4-5,14,16H2,1-2H3,(H,31,36)(H,32,33,37)/t18-,24?/m0/s1. The Morgan fingerprint density at radius 2 is 2.03 bits per heavy atom. The molecule has 0 saturated carbocycles. The van der Waals surface area contributed by atoms with Crippen LogP contribution >= 0.6 is 11.3 Å². The number of nitrogens with one attached hydrogen (secondary N) is 2. The maximum Gasteiger partial charge on any atom is 0.274 e. The lowest BCUT2D eigenvalue weighted by Crippen LogP contribution is -2.24. The van der Waals surface area contributed by atoms with Crippen molar-refractivity contribution in [2.24, 2.45) is 0 Å². The maximum absolute atomic E-state index is 13.5. The van der Waals surface area contributed by atoms with Gasteiger partial charge in [0.05, 0.1) is 17.8 Å². The number of hydrogen-bond donors (Lipinski definition) is 2. The fourth-order valence-corrected chi connectivity index (χ4v) is 5.63. The van der Waals surface area contributed by atoms with Gasteiger partial charge in [-0.05, 0) is 67.3 Å². The second-order valence-electron chi connectivity index (χ2n) is 9.40. The Morgan fingerprint density at radius 3 is 2.79 bits per heavy atom. The van der Waals surface area contributed by atoms with E-state index in [0.717, 1.165) is 41.9 Å². The van der Waals surface area contributed by atoms with E-state index in [9.17, 15) is 14.0 Å². The van der Waals surface area contributed by atoms with Crippen molar-refractivity contribution >= 4 is 34.0 Å². The molecule has 0 radical (unpaired) electrons. The fraction of sp³-hybridized carbons (Fsp3) is 0.286. The number of carbonyl (C=O) groups is 2. The highest BCUT2D eigenvalue weighted by atomic mass is 32.1. The largest absolute Gasteiger partial charge is 0.363 e. The maximum atomic E-state index is 13.5. The number of hydrogen-bond acceptors (Lipinski definition) is 6. The van der Waals surface area contributed by atoms with E-state index >= 15 is 0 Å². The van der Waals surface area contributed by atoms with Gasteiger partial charge in [-0.3, -0.25) is 14.9 Å². The molecule has 5 rings (SSSR count). The molecule has 196 valence electrons. The summed E-state index contributed by atoms with van der Waals surface area (Å²) in [5, 5.41) is 8.38. The van der Waals surface area contributed by atoms with Crippen LogP contribution in [0.3, 0.4) is 0 Å². The number of pyridine rings is 1. The minimum Gasteiger partial charge on any atom is -0.363 e. The molecule has 4 heterocycles. The van der Waals surface area contributed by atoms with Crippen LogP contribution in [0.2, 0.25) is 0 Å². The van der Waals surface area contributed by atoms with Gasteiger partial charge in [-0.2, -0.15) is 4.39 Å². The molecule has 10 heteroatoms. The molecule has 1 unspecified atom stereocenters. The summed E-state index contributed by atoms with van der Waals surface area (Å²) in [6, 6.07) is 15.0. The second-order valence-corrected chi connectivity index (χ2v) is 10.3. The van der Waals surface area contributed by atoms with Crippen LogP contribution in [0.5, 0.6) is 0 Å². The Balaban J connectivity index is 1.26. The molecule has 2 atom stereocenters. The zero-order valence-corrected chi connectivity index (χ0v) is 22.0. The van der Waals surface area contributed by atoms with Gasteiger partial charge in [0.2, 0.25) is 11.9 Å². The number of halogens is 1. The van der Waals surface area contributed by atoms with Crippen LogP contribution in [0.4, 0.5) is 15.2 Å². The lowest BCUT2D eigenvalue weighted by atomic mass is 10.1. The molecule has 0 spiro atoms. The summed E-state index contributed by atoms with van der Waals surface area (Å²) >= 11 is 1.41. The summed E-state index contributed by atoms with van der Waals surface area (Å²) in [5.41, 5.74) is 4.28. The third-order valence-corrected chi connectivity index (χ3v) is 7.46. The van der Waals surface area contributed by atoms with Gasteiger partial charge < -0.3 is 14.8 Å². The predicted molar refractivity (Wildman–Crippen MR) is 146 cm³/mol. The van der Waals surface area contributed by atoms with E-state index < -0.39 is 5.95 Å². The van der Waals surface area contributed by atoms with Crippen molar-refractivity contribution in [3.63, 3.8) is 0 Å². The number of benzene rings is 1. The van der Waals surface area contributed by atoms with E-state index in [0.29, 0.717) is 17.4 Å². The second kappa shape index (κ2) is 11.1. The molecule has 2 amide bonds. The molecule has 0 bridgehead atoms. The number of thiazole rings is 1. The minimum absolute atomic E-state index is 0.0485. The van der Waals surface area contributed by atoms with Crippen molar-refractivity contribution in [3.05, 3.63) is 94.8 Å². The highest BCUT2D eigenvalue weighted by Crippen LogP contribution is 2.37. The summed E-state index contributed by atoms with van der Waals surface area (Å²) in [7, 11) is 0. The Labute approximate surface area is 224 Å². The zero-order valence-electron chi connectivity index (χ0n) is 21.2. The quantitative estimate of drug-likeness (QED) is 0.300. The third kappa shape index (κ3) is 5.75. The summed E-state index contributed by atoms with van der Waals surface area (Å²) < 4.78 is 15.2. The number of anilines is 2. The first-order chi connectivity index (χ1) is 18.4. The van der Waals surface area contributed by atoms with Gasteiger partial charge in [-0.15, -0.1) is 11.3 Å². The summed E-state index contributed by atoms with van der Waals surface area (Å²) in [4.78, 5) is 35.1. The normalized spacial score (nSPS) is 15.9. The fourth-order valence-electron chi connectivity index (χ4n) is 4.88. The average Bonchev–Trinajstić information content (AvgIpc) is 3.65. The van der Waals surface area contributed by atoms with E-state index in [1.165, 1.54) is 30.5 Å². The van der Waals surface area contributed by atoms with Crippen molar-refractivity contribution in [2.75, 3.05) is 16.8 Å². The van der Waals surface area contributed by atoms with Gasteiger partial charge in [0.1, 0.15) is 5.69 Å². The smallest absolute Gasteiger partial charge is 0.274 e. The number of carbonyl (C=O) groups excluding carboxylic acids is 2. The highest BCUT2D eigenvalue weighted by molar-refractivity contribution is 7.14. The lowest BCUT2D eigenvalue weighted by Gasteiger charge is -2.26. The first kappa shape index (κ1) is 25.6. The Hall–Kier alpha value is -4.05. The molecule has 2 N–H and O–H groups in total. The van der Waals surface area contributed by atoms with Crippen molar-refractivity contribution in [2.45, 2.75) is 45.3 Å². The molecule has 38 heavy (non-hydrogen) atoms. The predicted octanol–water partition coefficient (Wildman–Crippen LogP) is 5.32. The molecule has 0 aliphatic carbocycles. The Morgan fingerprint density at radius 1 is 1.21 bits per heavy atom. The number of amides is 2. The molecule has 3 aromatic heterocycles. The van der Waals surface area contributed by atoms with Gasteiger partial charge in [-0.1, -0.05) is 12.1 Å². The molecule has 4 aromatic rings. The van der Waals surface area contributed by atoms with Crippen molar-refractivity contribution in [3.8, 4) is 0 Å². The summed E-state index contributed by atoms with van der Waals surface area (Å²) in [5.74, 6) is -0.866. The van der Waals surface area contributed by atoms with E-state index in [1.54, 1.807) is 29.0 Å². The molecular formula is C28H29FN6O2S. The molecule has 1 aliphatic rings. The highest BCUT2D eigenvalue weighted by Gasteiger charge is 2.28. The Bertz CT molecular complexity index is 1430. The summed E-state index contributed by atoms with van der Waals surface area (Å²) in [6.07, 6.45) is 5.24. The minimum atomic E-state index is -0.549. The van der Waals surface area contributed by atoms with Crippen LogP contribution in [0.15, 0.2) is 66.3 Å². The molecular weight excluding hydrogens is 503 g/mol. The first-order valence-corrected chi connectivity index (χ1v) is 13.4. The van der Waals surface area contributed by atoms with Crippen molar-refractivity contribution in [1.82, 2.24) is 19.9 Å². The van der Waals surface area contributed by atoms with E-state index in [4.69, 9.17) is 4.98 Å². The molecule has 1 fully saturated rings. The van der Waals surface area contributed by atoms with Gasteiger partial charge in [-0.25, -0.2) is 9.97 Å². The topological polar surface area (TPSA) is 92.2 Å². The van der Waals surface area contributed by atoms with E-state index in [1.807, 2.05) is 24.4 Å². The number of nitrogens with zero attached hydrogens (tertiary/aromatic N) is 4. The van der Waals surface area contributed by atoms with Crippen molar-refractivity contribution < 1.29 is 14.0 Å². The van der Waals surface area contributed by atoms with Gasteiger partial charge in [0.25, 0.3) is 5.91 Å². The van der Waals surface area contributed by atoms with Crippen molar-refractivity contribution in [1.29, 1.82) is 0 Å². The molecule has 8 nitrogen and oxygen atoms in total. The van der Waals surface area contributed by atoms with E-state index in [-0.39, 0.29) is 23.9 Å². The molecule has 1 aromatic carbocycles. The zero-order chi connectivity index (χ0) is 26.6. The lowest BCUT2D eigenvalue weighted by molar-refractivity contribution is -0.119. The van der Waals surface area contributed by atoms with Crippen LogP contribution in [-0.4, -0.2) is 32.9 Å². The van der Waals surface area contributed by atoms with Gasteiger partial charge >= 0.3 is 0 Å². The number of aromatic nitrogens is 3. The third-order valence-electron chi connectivity index (χ3n) is 6.69. The van der Waals surface area contributed by atoms with Crippen LogP contribution in [0.1, 0.15) is 66.1 Å². The van der Waals surface area contributed by atoms with Gasteiger partial charge in [0, 0.05) is 43.5 Å².